The van der Waals surface area contributed by atoms with Gasteiger partial charge < -0.3 is 14.2 Å². The second-order valence-electron chi connectivity index (χ2n) is 7.10. The van der Waals surface area contributed by atoms with Crippen LogP contribution < -0.4 is 4.74 Å². The lowest BCUT2D eigenvalue weighted by molar-refractivity contribution is -0.137. The standard InChI is InChI=1S/C22H25N3O3/c1-14-6-9-18(10-7-14)21-23-20(28-24-21)13-25(5)22(26)17(4)27-19-11-8-15(2)12-16(19)3/h6-12,17H,13H2,1-5H3/t17-/m0/s1. The maximum atomic E-state index is 12.7. The van der Waals surface area contributed by atoms with Gasteiger partial charge in [0.2, 0.25) is 11.7 Å². The molecule has 6 nitrogen and oxygen atoms in total. The van der Waals surface area contributed by atoms with E-state index in [4.69, 9.17) is 9.26 Å². The third kappa shape index (κ3) is 4.57. The predicted molar refractivity (Wildman–Crippen MR) is 107 cm³/mol. The Labute approximate surface area is 165 Å². The number of aryl methyl sites for hydroxylation is 3. The van der Waals surface area contributed by atoms with E-state index in [9.17, 15) is 4.79 Å². The Hall–Kier alpha value is -3.15. The normalized spacial score (nSPS) is 11.9. The Bertz CT molecular complexity index is 963. The molecule has 6 heteroatoms. The molecule has 1 atom stereocenters. The molecule has 1 heterocycles. The summed E-state index contributed by atoms with van der Waals surface area (Å²) in [5.74, 6) is 1.44. The van der Waals surface area contributed by atoms with Crippen molar-refractivity contribution in [3.63, 3.8) is 0 Å². The largest absolute Gasteiger partial charge is 0.481 e. The van der Waals surface area contributed by atoms with Gasteiger partial charge in [-0.1, -0.05) is 52.7 Å². The zero-order valence-electron chi connectivity index (χ0n) is 16.9. The number of nitrogens with zero attached hydrogens (tertiary/aromatic N) is 3. The van der Waals surface area contributed by atoms with Crippen LogP contribution in [0, 0.1) is 20.8 Å². The van der Waals surface area contributed by atoms with E-state index in [-0.39, 0.29) is 12.5 Å². The van der Waals surface area contributed by atoms with Crippen LogP contribution in [0.5, 0.6) is 5.75 Å². The van der Waals surface area contributed by atoms with Crippen molar-refractivity contribution in [2.75, 3.05) is 7.05 Å². The quantitative estimate of drug-likeness (QED) is 0.645. The van der Waals surface area contributed by atoms with Crippen molar-refractivity contribution >= 4 is 5.91 Å². The van der Waals surface area contributed by atoms with Crippen molar-refractivity contribution in [2.24, 2.45) is 0 Å². The summed E-state index contributed by atoms with van der Waals surface area (Å²) in [6, 6.07) is 13.8. The summed E-state index contributed by atoms with van der Waals surface area (Å²) in [6.45, 7) is 7.97. The molecule has 0 spiro atoms. The Morgan fingerprint density at radius 2 is 1.79 bits per heavy atom. The molecule has 0 aliphatic carbocycles. The minimum absolute atomic E-state index is 0.157. The molecular formula is C22H25N3O3. The van der Waals surface area contributed by atoms with Gasteiger partial charge in [-0.2, -0.15) is 4.98 Å². The van der Waals surface area contributed by atoms with Crippen LogP contribution in [0.3, 0.4) is 0 Å². The molecule has 0 unspecified atom stereocenters. The molecule has 28 heavy (non-hydrogen) atoms. The van der Waals surface area contributed by atoms with Crippen LogP contribution >= 0.6 is 0 Å². The molecule has 0 aliphatic rings. The maximum Gasteiger partial charge on any atom is 0.263 e. The van der Waals surface area contributed by atoms with E-state index in [0.717, 1.165) is 22.3 Å². The van der Waals surface area contributed by atoms with Crippen LogP contribution in [0.4, 0.5) is 0 Å². The zero-order chi connectivity index (χ0) is 20.3. The van der Waals surface area contributed by atoms with Gasteiger partial charge in [-0.25, -0.2) is 0 Å². The van der Waals surface area contributed by atoms with Crippen molar-refractivity contribution in [1.82, 2.24) is 15.0 Å². The van der Waals surface area contributed by atoms with E-state index >= 15 is 0 Å². The summed E-state index contributed by atoms with van der Waals surface area (Å²) >= 11 is 0. The average molecular weight is 379 g/mol. The summed E-state index contributed by atoms with van der Waals surface area (Å²) in [5, 5.41) is 4.01. The number of ether oxygens (including phenoxy) is 1. The zero-order valence-corrected chi connectivity index (χ0v) is 16.9. The first-order valence-electron chi connectivity index (χ1n) is 9.22. The van der Waals surface area contributed by atoms with Crippen LogP contribution in [-0.2, 0) is 11.3 Å². The molecule has 1 amide bonds. The summed E-state index contributed by atoms with van der Waals surface area (Å²) in [4.78, 5) is 18.6. The molecule has 146 valence electrons. The monoisotopic (exact) mass is 379 g/mol. The smallest absolute Gasteiger partial charge is 0.263 e. The summed E-state index contributed by atoms with van der Waals surface area (Å²) in [6.07, 6.45) is -0.620. The molecule has 0 saturated carbocycles. The van der Waals surface area contributed by atoms with Crippen LogP contribution in [0.25, 0.3) is 11.4 Å². The first-order valence-corrected chi connectivity index (χ1v) is 9.22. The highest BCUT2D eigenvalue weighted by Crippen LogP contribution is 2.21. The molecule has 0 bridgehead atoms. The molecule has 0 fully saturated rings. The molecule has 0 aliphatic heterocycles. The first-order chi connectivity index (χ1) is 13.3. The molecule has 0 saturated heterocycles. The van der Waals surface area contributed by atoms with Crippen LogP contribution in [-0.4, -0.2) is 34.1 Å². The summed E-state index contributed by atoms with van der Waals surface area (Å²) in [5.41, 5.74) is 4.19. The highest BCUT2D eigenvalue weighted by Gasteiger charge is 2.22. The van der Waals surface area contributed by atoms with Crippen molar-refractivity contribution in [2.45, 2.75) is 40.3 Å². The Kier molecular flexibility index (Phi) is 5.78. The van der Waals surface area contributed by atoms with Crippen molar-refractivity contribution in [1.29, 1.82) is 0 Å². The highest BCUT2D eigenvalue weighted by molar-refractivity contribution is 5.80. The van der Waals surface area contributed by atoms with Gasteiger partial charge in [-0.05, 0) is 39.3 Å². The predicted octanol–water partition coefficient (Wildman–Crippen LogP) is 4.09. The lowest BCUT2D eigenvalue weighted by Gasteiger charge is -2.21. The highest BCUT2D eigenvalue weighted by atomic mass is 16.5. The molecule has 3 rings (SSSR count). The van der Waals surface area contributed by atoms with Crippen LogP contribution in [0.15, 0.2) is 47.0 Å². The van der Waals surface area contributed by atoms with Gasteiger partial charge in [0, 0.05) is 12.6 Å². The molecule has 0 radical (unpaired) electrons. The Morgan fingerprint density at radius 3 is 2.46 bits per heavy atom. The van der Waals surface area contributed by atoms with Gasteiger partial charge in [0.05, 0.1) is 6.54 Å². The number of hydrogen-bond donors (Lipinski definition) is 0. The van der Waals surface area contributed by atoms with Crippen LogP contribution in [0.1, 0.15) is 29.5 Å². The number of likely N-dealkylation sites (N-methyl/N-ethyl adjacent to an activating group) is 1. The van der Waals surface area contributed by atoms with Crippen molar-refractivity contribution in [3.05, 3.63) is 65.0 Å². The minimum atomic E-state index is -0.620. The maximum absolute atomic E-state index is 12.7. The number of carbonyl (C=O) groups is 1. The number of aromatic nitrogens is 2. The minimum Gasteiger partial charge on any atom is -0.481 e. The fraction of sp³-hybridized carbons (Fsp3) is 0.318. The third-order valence-electron chi connectivity index (χ3n) is 4.51. The van der Waals surface area contributed by atoms with Gasteiger partial charge >= 0.3 is 0 Å². The third-order valence-corrected chi connectivity index (χ3v) is 4.51. The van der Waals surface area contributed by atoms with Gasteiger partial charge in [0.1, 0.15) is 5.75 Å². The molecule has 0 N–H and O–H groups in total. The fourth-order valence-corrected chi connectivity index (χ4v) is 2.90. The first kappa shape index (κ1) is 19.6. The molecule has 3 aromatic rings. The number of amides is 1. The lowest BCUT2D eigenvalue weighted by Crippen LogP contribution is -2.37. The van der Waals surface area contributed by atoms with Crippen LogP contribution in [0.2, 0.25) is 0 Å². The second-order valence-corrected chi connectivity index (χ2v) is 7.10. The Balaban J connectivity index is 1.63. The van der Waals surface area contributed by atoms with E-state index in [1.54, 1.807) is 14.0 Å². The number of hydrogen-bond acceptors (Lipinski definition) is 5. The molecule has 1 aromatic heterocycles. The van der Waals surface area contributed by atoms with Crippen molar-refractivity contribution in [3.8, 4) is 17.1 Å². The second kappa shape index (κ2) is 8.25. The van der Waals surface area contributed by atoms with Gasteiger partial charge in [0.25, 0.3) is 5.91 Å². The van der Waals surface area contributed by atoms with E-state index in [1.165, 1.54) is 4.90 Å². The lowest BCUT2D eigenvalue weighted by atomic mass is 10.1. The van der Waals surface area contributed by atoms with E-state index < -0.39 is 6.10 Å². The van der Waals surface area contributed by atoms with Gasteiger partial charge in [-0.3, -0.25) is 4.79 Å². The number of benzene rings is 2. The fourth-order valence-electron chi connectivity index (χ4n) is 2.90. The summed E-state index contributed by atoms with van der Waals surface area (Å²) in [7, 11) is 1.69. The number of carbonyl (C=O) groups excluding carboxylic acids is 1. The summed E-state index contributed by atoms with van der Waals surface area (Å²) < 4.78 is 11.2. The SMILES string of the molecule is Cc1ccc(-c2noc(CN(C)C(=O)[C@H](C)Oc3ccc(C)cc3C)n2)cc1. The van der Waals surface area contributed by atoms with E-state index in [2.05, 4.69) is 10.1 Å². The van der Waals surface area contributed by atoms with Gasteiger partial charge in [0.15, 0.2) is 6.10 Å². The van der Waals surface area contributed by atoms with Crippen molar-refractivity contribution < 1.29 is 14.1 Å². The van der Waals surface area contributed by atoms with Gasteiger partial charge in [-0.15, -0.1) is 0 Å². The molecular weight excluding hydrogens is 354 g/mol. The number of rotatable bonds is 6. The molecule has 2 aromatic carbocycles. The van der Waals surface area contributed by atoms with E-state index in [0.29, 0.717) is 17.5 Å². The van der Waals surface area contributed by atoms with E-state index in [1.807, 2.05) is 63.2 Å². The topological polar surface area (TPSA) is 68.5 Å². The average Bonchev–Trinajstić information content (AvgIpc) is 3.12. The Morgan fingerprint density at radius 1 is 1.11 bits per heavy atom.